The van der Waals surface area contributed by atoms with E-state index in [0.717, 1.165) is 0 Å². The normalized spacial score (nSPS) is 11.6. The molecule has 4 aromatic rings. The minimum absolute atomic E-state index is 0.209. The van der Waals surface area contributed by atoms with Crippen LogP contribution in [-0.2, 0) is 19.3 Å². The van der Waals surface area contributed by atoms with Gasteiger partial charge < -0.3 is 19.5 Å². The van der Waals surface area contributed by atoms with E-state index in [9.17, 15) is 13.2 Å². The lowest BCUT2D eigenvalue weighted by Crippen LogP contribution is -2.05. The van der Waals surface area contributed by atoms with Gasteiger partial charge in [-0.15, -0.1) is 0 Å². The van der Waals surface area contributed by atoms with E-state index in [1.165, 1.54) is 18.5 Å². The zero-order valence-corrected chi connectivity index (χ0v) is 15.0. The van der Waals surface area contributed by atoms with Gasteiger partial charge in [0.05, 0.1) is 18.8 Å². The van der Waals surface area contributed by atoms with E-state index in [-0.39, 0.29) is 24.5 Å². The van der Waals surface area contributed by atoms with Gasteiger partial charge in [-0.05, 0) is 18.2 Å². The number of pyridine rings is 1. The standard InChI is InChI=1S/C17H12F3N7O3/c18-17(19,20)15-25-14(27-30-15)9-1-2-10(22-6-9)7-23-16-21-4-3-12(24-16)13-5-11(8-28)26-29-13/h1-6,28H,7-8H2,(H,21,23,24). The Kier molecular flexibility index (Phi) is 5.10. The van der Waals surface area contributed by atoms with Crippen LogP contribution in [0.1, 0.15) is 17.3 Å². The van der Waals surface area contributed by atoms with Gasteiger partial charge in [0.25, 0.3) is 0 Å². The summed E-state index contributed by atoms with van der Waals surface area (Å²) in [6.07, 6.45) is -1.84. The smallest absolute Gasteiger partial charge is 0.390 e. The second-order valence-electron chi connectivity index (χ2n) is 5.92. The van der Waals surface area contributed by atoms with Crippen molar-refractivity contribution in [3.63, 3.8) is 0 Å². The summed E-state index contributed by atoms with van der Waals surface area (Å²) < 4.78 is 47.0. The quantitative estimate of drug-likeness (QED) is 0.480. The molecular weight excluding hydrogens is 407 g/mol. The topological polar surface area (TPSA) is 136 Å². The van der Waals surface area contributed by atoms with Crippen molar-refractivity contribution in [1.82, 2.24) is 30.2 Å². The maximum absolute atomic E-state index is 12.5. The number of aliphatic hydroxyl groups excluding tert-OH is 1. The highest BCUT2D eigenvalue weighted by molar-refractivity contribution is 5.54. The molecule has 0 amide bonds. The first-order valence-electron chi connectivity index (χ1n) is 8.42. The summed E-state index contributed by atoms with van der Waals surface area (Å²) >= 11 is 0. The van der Waals surface area contributed by atoms with E-state index in [0.29, 0.717) is 28.8 Å². The maximum Gasteiger partial charge on any atom is 0.471 e. The molecule has 4 aromatic heterocycles. The first-order valence-corrected chi connectivity index (χ1v) is 8.42. The first-order chi connectivity index (χ1) is 14.4. The van der Waals surface area contributed by atoms with Gasteiger partial charge >= 0.3 is 12.1 Å². The molecule has 2 N–H and O–H groups in total. The molecule has 0 radical (unpaired) electrons. The van der Waals surface area contributed by atoms with Gasteiger partial charge in [0.2, 0.25) is 11.8 Å². The third kappa shape index (κ3) is 4.25. The maximum atomic E-state index is 12.5. The largest absolute Gasteiger partial charge is 0.471 e. The Hall–Kier alpha value is -3.87. The Morgan fingerprint density at radius 2 is 1.87 bits per heavy atom. The van der Waals surface area contributed by atoms with Crippen molar-refractivity contribution >= 4 is 5.95 Å². The fourth-order valence-electron chi connectivity index (χ4n) is 2.37. The summed E-state index contributed by atoms with van der Waals surface area (Å²) in [5.74, 6) is -0.948. The number of anilines is 1. The van der Waals surface area contributed by atoms with Crippen molar-refractivity contribution in [3.05, 3.63) is 53.9 Å². The lowest BCUT2D eigenvalue weighted by molar-refractivity contribution is -0.159. The number of aromatic nitrogens is 6. The summed E-state index contributed by atoms with van der Waals surface area (Å²) in [5.41, 5.74) is 1.71. The number of nitrogens with one attached hydrogen (secondary N) is 1. The summed E-state index contributed by atoms with van der Waals surface area (Å²) in [7, 11) is 0. The Bertz CT molecular complexity index is 1140. The number of halogens is 3. The van der Waals surface area contributed by atoms with Crippen molar-refractivity contribution in [1.29, 1.82) is 0 Å². The van der Waals surface area contributed by atoms with E-state index in [1.807, 2.05) is 0 Å². The Labute approximate surface area is 165 Å². The SMILES string of the molecule is OCc1cc(-c2ccnc(NCc3ccc(-c4noc(C(F)(F)F)n4)cn3)n2)on1. The molecule has 13 heteroatoms. The highest BCUT2D eigenvalue weighted by Crippen LogP contribution is 2.29. The number of rotatable bonds is 6. The van der Waals surface area contributed by atoms with E-state index in [4.69, 9.17) is 9.63 Å². The average molecular weight is 419 g/mol. The highest BCUT2D eigenvalue weighted by atomic mass is 19.4. The molecule has 0 saturated heterocycles. The van der Waals surface area contributed by atoms with Gasteiger partial charge in [-0.1, -0.05) is 10.3 Å². The molecule has 0 aliphatic rings. The van der Waals surface area contributed by atoms with E-state index < -0.39 is 12.1 Å². The number of aliphatic hydroxyl groups is 1. The lowest BCUT2D eigenvalue weighted by atomic mass is 10.2. The fourth-order valence-corrected chi connectivity index (χ4v) is 2.37. The minimum Gasteiger partial charge on any atom is -0.390 e. The van der Waals surface area contributed by atoms with Gasteiger partial charge in [-0.25, -0.2) is 9.97 Å². The van der Waals surface area contributed by atoms with Gasteiger partial charge in [-0.3, -0.25) is 4.98 Å². The van der Waals surface area contributed by atoms with Crippen LogP contribution in [0.3, 0.4) is 0 Å². The Balaban J connectivity index is 1.42. The van der Waals surface area contributed by atoms with Crippen LogP contribution < -0.4 is 5.32 Å². The highest BCUT2D eigenvalue weighted by Gasteiger charge is 2.38. The molecule has 10 nitrogen and oxygen atoms in total. The van der Waals surface area contributed by atoms with E-state index in [2.05, 4.69) is 40.1 Å². The van der Waals surface area contributed by atoms with Gasteiger partial charge in [0.15, 0.2) is 5.76 Å². The zero-order valence-electron chi connectivity index (χ0n) is 15.0. The van der Waals surface area contributed by atoms with Crippen molar-refractivity contribution < 1.29 is 27.3 Å². The lowest BCUT2D eigenvalue weighted by Gasteiger charge is -2.05. The number of hydrogen-bond acceptors (Lipinski definition) is 10. The molecule has 0 fully saturated rings. The number of nitrogens with zero attached hydrogens (tertiary/aromatic N) is 6. The van der Waals surface area contributed by atoms with E-state index >= 15 is 0 Å². The van der Waals surface area contributed by atoms with Crippen LogP contribution in [0.25, 0.3) is 22.8 Å². The summed E-state index contributed by atoms with van der Waals surface area (Å²) in [4.78, 5) is 15.9. The average Bonchev–Trinajstić information content (AvgIpc) is 3.42. The van der Waals surface area contributed by atoms with Crippen LogP contribution in [0.2, 0.25) is 0 Å². The van der Waals surface area contributed by atoms with Crippen molar-refractivity contribution in [2.24, 2.45) is 0 Å². The molecule has 30 heavy (non-hydrogen) atoms. The van der Waals surface area contributed by atoms with Gasteiger partial charge in [-0.2, -0.15) is 18.2 Å². The third-order valence-corrected chi connectivity index (χ3v) is 3.81. The molecule has 0 aliphatic carbocycles. The Morgan fingerprint density at radius 3 is 2.53 bits per heavy atom. The van der Waals surface area contributed by atoms with E-state index in [1.54, 1.807) is 18.2 Å². The van der Waals surface area contributed by atoms with Crippen LogP contribution in [0.4, 0.5) is 19.1 Å². The molecule has 0 aromatic carbocycles. The summed E-state index contributed by atoms with van der Waals surface area (Å²) in [6.45, 7) is 0.00477. The van der Waals surface area contributed by atoms with Crippen LogP contribution in [0.5, 0.6) is 0 Å². The van der Waals surface area contributed by atoms with Gasteiger partial charge in [0.1, 0.15) is 11.4 Å². The second-order valence-corrected chi connectivity index (χ2v) is 5.92. The van der Waals surface area contributed by atoms with Crippen molar-refractivity contribution in [3.8, 4) is 22.8 Å². The molecule has 4 heterocycles. The van der Waals surface area contributed by atoms with Crippen LogP contribution in [0, 0.1) is 0 Å². The summed E-state index contributed by atoms with van der Waals surface area (Å²) in [5, 5.41) is 19.0. The third-order valence-electron chi connectivity index (χ3n) is 3.81. The Morgan fingerprint density at radius 1 is 1.00 bits per heavy atom. The van der Waals surface area contributed by atoms with Crippen LogP contribution in [0.15, 0.2) is 45.7 Å². The number of alkyl halides is 3. The molecule has 154 valence electrons. The number of hydrogen-bond donors (Lipinski definition) is 2. The molecule has 0 spiro atoms. The second kappa shape index (κ2) is 7.87. The monoisotopic (exact) mass is 419 g/mol. The first kappa shape index (κ1) is 19.4. The predicted octanol–water partition coefficient (Wildman–Crippen LogP) is 2.70. The fraction of sp³-hybridized carbons (Fsp3) is 0.176. The minimum atomic E-state index is -4.71. The van der Waals surface area contributed by atoms with Gasteiger partial charge in [0, 0.05) is 24.0 Å². The molecular formula is C17H12F3N7O3. The molecule has 0 aliphatic heterocycles. The molecule has 0 atom stereocenters. The molecule has 0 saturated carbocycles. The summed E-state index contributed by atoms with van der Waals surface area (Å²) in [6, 6.07) is 6.31. The molecule has 0 bridgehead atoms. The van der Waals surface area contributed by atoms with Crippen LogP contribution in [-0.4, -0.2) is 35.4 Å². The van der Waals surface area contributed by atoms with Crippen molar-refractivity contribution in [2.75, 3.05) is 5.32 Å². The van der Waals surface area contributed by atoms with Crippen LogP contribution >= 0.6 is 0 Å². The van der Waals surface area contributed by atoms with Crippen molar-refractivity contribution in [2.45, 2.75) is 19.3 Å². The predicted molar refractivity (Wildman–Crippen MR) is 93.3 cm³/mol. The molecule has 4 rings (SSSR count). The molecule has 0 unspecified atom stereocenters. The zero-order chi connectivity index (χ0) is 21.1.